The summed E-state index contributed by atoms with van der Waals surface area (Å²) in [5.41, 5.74) is 0. The minimum atomic E-state index is 1.00. The summed E-state index contributed by atoms with van der Waals surface area (Å²) in [5.74, 6) is 7.37. The summed E-state index contributed by atoms with van der Waals surface area (Å²) in [6, 6.07) is 0. The summed E-state index contributed by atoms with van der Waals surface area (Å²) in [4.78, 5) is 0. The second kappa shape index (κ2) is 9.98. The van der Waals surface area contributed by atoms with E-state index in [4.69, 9.17) is 0 Å². The van der Waals surface area contributed by atoms with E-state index in [0.717, 1.165) is 41.4 Å². The van der Waals surface area contributed by atoms with Crippen LogP contribution in [0.15, 0.2) is 12.2 Å². The molecule has 0 heteroatoms. The van der Waals surface area contributed by atoms with Crippen LogP contribution in [0, 0.1) is 41.4 Å². The van der Waals surface area contributed by atoms with Gasteiger partial charge in [0.15, 0.2) is 0 Å². The lowest BCUT2D eigenvalue weighted by atomic mass is 9.60. The van der Waals surface area contributed by atoms with Crippen LogP contribution in [0.5, 0.6) is 0 Å². The molecule has 0 radical (unpaired) electrons. The Morgan fingerprint density at radius 2 is 1.15 bits per heavy atom. The number of hydrogen-bond donors (Lipinski definition) is 0. The van der Waals surface area contributed by atoms with E-state index in [-0.39, 0.29) is 0 Å². The molecule has 0 bridgehead atoms. The molecule has 4 rings (SSSR count). The standard InChI is InChI=1S/C27H46/c1-21(22-17-19-24(20-18-22)23-11-5-2-6-12-23)27(25-13-7-3-8-14-25)26-15-9-4-10-16-26/h2,5,21-27H,3-4,6-20H2,1H3. The summed E-state index contributed by atoms with van der Waals surface area (Å²) in [7, 11) is 0. The zero-order valence-electron chi connectivity index (χ0n) is 18.2. The second-order valence-corrected chi connectivity index (χ2v) is 11.0. The molecule has 0 amide bonds. The molecule has 3 fully saturated rings. The summed E-state index contributed by atoms with van der Waals surface area (Å²) < 4.78 is 0. The molecule has 154 valence electrons. The fourth-order valence-corrected chi connectivity index (χ4v) is 7.98. The summed E-state index contributed by atoms with van der Waals surface area (Å²) >= 11 is 0. The third kappa shape index (κ3) is 5.02. The van der Waals surface area contributed by atoms with E-state index >= 15 is 0 Å². The second-order valence-electron chi connectivity index (χ2n) is 11.0. The Labute approximate surface area is 170 Å². The molecule has 2 atom stereocenters. The van der Waals surface area contributed by atoms with Gasteiger partial charge in [-0.25, -0.2) is 0 Å². The average molecular weight is 371 g/mol. The fourth-order valence-electron chi connectivity index (χ4n) is 7.98. The van der Waals surface area contributed by atoms with Crippen molar-refractivity contribution in [3.05, 3.63) is 12.2 Å². The Kier molecular flexibility index (Phi) is 7.40. The van der Waals surface area contributed by atoms with E-state index in [9.17, 15) is 0 Å². The van der Waals surface area contributed by atoms with E-state index < -0.39 is 0 Å². The van der Waals surface area contributed by atoms with E-state index in [1.54, 1.807) is 51.4 Å². The highest BCUT2D eigenvalue weighted by Crippen LogP contribution is 2.49. The van der Waals surface area contributed by atoms with Crippen molar-refractivity contribution in [3.8, 4) is 0 Å². The highest BCUT2D eigenvalue weighted by atomic mass is 14.4. The molecule has 0 aromatic rings. The molecule has 0 aromatic carbocycles. The first-order chi connectivity index (χ1) is 13.3. The van der Waals surface area contributed by atoms with Crippen LogP contribution < -0.4 is 0 Å². The maximum atomic E-state index is 2.71. The largest absolute Gasteiger partial charge is 0.0885 e. The molecule has 0 nitrogen and oxygen atoms in total. The van der Waals surface area contributed by atoms with Gasteiger partial charge in [-0.3, -0.25) is 0 Å². The predicted molar refractivity (Wildman–Crippen MR) is 118 cm³/mol. The molecule has 27 heavy (non-hydrogen) atoms. The first kappa shape index (κ1) is 20.0. The van der Waals surface area contributed by atoms with Crippen molar-refractivity contribution in [3.63, 3.8) is 0 Å². The van der Waals surface area contributed by atoms with Gasteiger partial charge in [0.1, 0.15) is 0 Å². The Balaban J connectivity index is 1.37. The molecule has 4 aliphatic rings. The van der Waals surface area contributed by atoms with Crippen LogP contribution in [0.2, 0.25) is 0 Å². The van der Waals surface area contributed by atoms with Crippen LogP contribution in [0.4, 0.5) is 0 Å². The molecule has 0 spiro atoms. The smallest absolute Gasteiger partial charge is 0.0319 e. The maximum absolute atomic E-state index is 2.71. The van der Waals surface area contributed by atoms with Crippen molar-refractivity contribution in [2.75, 3.05) is 0 Å². The lowest BCUT2D eigenvalue weighted by Crippen LogP contribution is -2.37. The van der Waals surface area contributed by atoms with Crippen molar-refractivity contribution in [1.29, 1.82) is 0 Å². The average Bonchev–Trinajstić information content (AvgIpc) is 2.76. The van der Waals surface area contributed by atoms with Gasteiger partial charge in [0.2, 0.25) is 0 Å². The third-order valence-corrected chi connectivity index (χ3v) is 9.53. The molecule has 0 saturated heterocycles. The predicted octanol–water partition coefficient (Wildman–Crippen LogP) is 8.56. The molecule has 0 aromatic heterocycles. The maximum Gasteiger partial charge on any atom is -0.0319 e. The molecule has 0 aliphatic heterocycles. The molecule has 4 aliphatic carbocycles. The molecule has 0 N–H and O–H groups in total. The van der Waals surface area contributed by atoms with Crippen LogP contribution in [0.25, 0.3) is 0 Å². The third-order valence-electron chi connectivity index (χ3n) is 9.53. The highest BCUT2D eigenvalue weighted by molar-refractivity contribution is 4.94. The first-order valence-electron chi connectivity index (χ1n) is 13.0. The monoisotopic (exact) mass is 370 g/mol. The zero-order chi connectivity index (χ0) is 18.5. The van der Waals surface area contributed by atoms with E-state index in [1.165, 1.54) is 57.8 Å². The quantitative estimate of drug-likeness (QED) is 0.425. The molecular weight excluding hydrogens is 324 g/mol. The minimum Gasteiger partial charge on any atom is -0.0885 e. The molecule has 2 unspecified atom stereocenters. The van der Waals surface area contributed by atoms with Crippen LogP contribution in [-0.4, -0.2) is 0 Å². The van der Waals surface area contributed by atoms with Crippen molar-refractivity contribution in [1.82, 2.24) is 0 Å². The van der Waals surface area contributed by atoms with Crippen LogP contribution in [0.3, 0.4) is 0 Å². The Hall–Kier alpha value is -0.260. The van der Waals surface area contributed by atoms with Crippen LogP contribution in [-0.2, 0) is 0 Å². The SMILES string of the molecule is CC(C1CCC(C2CC=CCC2)CC1)C(C1CCCCC1)C1CCCCC1. The van der Waals surface area contributed by atoms with Gasteiger partial charge >= 0.3 is 0 Å². The van der Waals surface area contributed by atoms with Gasteiger partial charge in [0.25, 0.3) is 0 Å². The van der Waals surface area contributed by atoms with Gasteiger partial charge in [-0.05, 0) is 86.4 Å². The Morgan fingerprint density at radius 3 is 1.67 bits per heavy atom. The van der Waals surface area contributed by atoms with E-state index in [2.05, 4.69) is 19.1 Å². The lowest BCUT2D eigenvalue weighted by Gasteiger charge is -2.46. The van der Waals surface area contributed by atoms with Gasteiger partial charge in [-0.15, -0.1) is 0 Å². The number of rotatable bonds is 5. The van der Waals surface area contributed by atoms with E-state index in [0.29, 0.717) is 0 Å². The molecular formula is C27H46. The fraction of sp³-hybridized carbons (Fsp3) is 0.926. The minimum absolute atomic E-state index is 1.00. The van der Waals surface area contributed by atoms with Crippen LogP contribution >= 0.6 is 0 Å². The molecule has 3 saturated carbocycles. The first-order valence-corrected chi connectivity index (χ1v) is 13.0. The van der Waals surface area contributed by atoms with Crippen molar-refractivity contribution in [2.24, 2.45) is 41.4 Å². The number of allylic oxidation sites excluding steroid dienone is 2. The van der Waals surface area contributed by atoms with Crippen molar-refractivity contribution >= 4 is 0 Å². The summed E-state index contributed by atoms with van der Waals surface area (Å²) in [6.07, 6.45) is 30.7. The summed E-state index contributed by atoms with van der Waals surface area (Å²) in [6.45, 7) is 2.71. The van der Waals surface area contributed by atoms with Gasteiger partial charge in [0.05, 0.1) is 0 Å². The lowest BCUT2D eigenvalue weighted by molar-refractivity contribution is 0.0429. The van der Waals surface area contributed by atoms with Crippen molar-refractivity contribution < 1.29 is 0 Å². The van der Waals surface area contributed by atoms with Gasteiger partial charge in [0, 0.05) is 0 Å². The zero-order valence-corrected chi connectivity index (χ0v) is 18.2. The van der Waals surface area contributed by atoms with Gasteiger partial charge < -0.3 is 0 Å². The topological polar surface area (TPSA) is 0 Å². The van der Waals surface area contributed by atoms with Gasteiger partial charge in [-0.1, -0.05) is 83.3 Å². The number of hydrogen-bond acceptors (Lipinski definition) is 0. The van der Waals surface area contributed by atoms with Gasteiger partial charge in [-0.2, -0.15) is 0 Å². The highest BCUT2D eigenvalue weighted by Gasteiger charge is 2.39. The van der Waals surface area contributed by atoms with Crippen LogP contribution in [0.1, 0.15) is 116 Å². The summed E-state index contributed by atoms with van der Waals surface area (Å²) in [5, 5.41) is 0. The normalized spacial score (nSPS) is 35.4. The van der Waals surface area contributed by atoms with E-state index in [1.807, 2.05) is 0 Å². The Morgan fingerprint density at radius 1 is 0.556 bits per heavy atom. The Bertz CT molecular complexity index is 425. The van der Waals surface area contributed by atoms with Crippen molar-refractivity contribution in [2.45, 2.75) is 116 Å². The molecule has 0 heterocycles.